The van der Waals surface area contributed by atoms with Gasteiger partial charge in [-0.25, -0.2) is 4.39 Å². The minimum atomic E-state index is -0.0168. The topological polar surface area (TPSA) is 29.3 Å². The van der Waals surface area contributed by atoms with Crippen molar-refractivity contribution < 1.29 is 4.39 Å². The number of halogens is 1. The molecule has 0 aromatic carbocycles. The van der Waals surface area contributed by atoms with Crippen LogP contribution in [0, 0.1) is 0 Å². The average molecular weight is 158 g/mol. The van der Waals surface area contributed by atoms with Crippen LogP contribution in [0.15, 0.2) is 11.9 Å². The predicted molar refractivity (Wildman–Crippen MR) is 43.9 cm³/mol. The van der Waals surface area contributed by atoms with Crippen LogP contribution in [0.1, 0.15) is 13.3 Å². The van der Waals surface area contributed by atoms with Crippen molar-refractivity contribution in [3.8, 4) is 0 Å². The lowest BCUT2D eigenvalue weighted by Crippen LogP contribution is -2.38. The van der Waals surface area contributed by atoms with E-state index in [9.17, 15) is 4.39 Å². The van der Waals surface area contributed by atoms with Crippen molar-refractivity contribution in [2.45, 2.75) is 19.4 Å². The van der Waals surface area contributed by atoms with E-state index in [1.807, 2.05) is 11.8 Å². The fourth-order valence-electron chi connectivity index (χ4n) is 1.32. The molecular formula is C8H15FN2. The maximum absolute atomic E-state index is 12.7. The van der Waals surface area contributed by atoms with Gasteiger partial charge < -0.3 is 5.73 Å². The van der Waals surface area contributed by atoms with Gasteiger partial charge in [0.1, 0.15) is 5.83 Å². The summed E-state index contributed by atoms with van der Waals surface area (Å²) in [4.78, 5) is 2.04. The molecule has 1 atom stereocenters. The van der Waals surface area contributed by atoms with Crippen LogP contribution in [-0.2, 0) is 0 Å². The first-order chi connectivity index (χ1) is 5.18. The number of nitrogens with two attached hydrogens (primary N) is 1. The van der Waals surface area contributed by atoms with Crippen LogP contribution in [0.4, 0.5) is 4.39 Å². The Morgan fingerprint density at radius 2 is 2.55 bits per heavy atom. The molecule has 1 aliphatic rings. The van der Waals surface area contributed by atoms with E-state index < -0.39 is 0 Å². The van der Waals surface area contributed by atoms with Crippen LogP contribution in [0.3, 0.4) is 0 Å². The minimum Gasteiger partial charge on any atom is -0.327 e. The molecule has 2 N–H and O–H groups in total. The van der Waals surface area contributed by atoms with Crippen molar-refractivity contribution in [2.75, 3.05) is 19.6 Å². The largest absolute Gasteiger partial charge is 0.327 e. The molecule has 0 fully saturated rings. The molecule has 0 aliphatic carbocycles. The summed E-state index contributed by atoms with van der Waals surface area (Å²) < 4.78 is 12.7. The third-order valence-corrected chi connectivity index (χ3v) is 1.73. The van der Waals surface area contributed by atoms with E-state index in [1.54, 1.807) is 6.08 Å². The van der Waals surface area contributed by atoms with Gasteiger partial charge in [-0.05, 0) is 13.3 Å². The number of hydrogen-bond acceptors (Lipinski definition) is 2. The minimum absolute atomic E-state index is 0.0168. The Balaban J connectivity index is 2.32. The number of rotatable bonds is 2. The summed E-state index contributed by atoms with van der Waals surface area (Å²) in [5.74, 6) is -0.0168. The summed E-state index contributed by atoms with van der Waals surface area (Å²) in [6.07, 6.45) is 2.47. The van der Waals surface area contributed by atoms with Gasteiger partial charge >= 0.3 is 0 Å². The Hall–Kier alpha value is -0.410. The second-order valence-electron chi connectivity index (χ2n) is 3.15. The lowest BCUT2D eigenvalue weighted by molar-refractivity contribution is 0.256. The lowest BCUT2D eigenvalue weighted by Gasteiger charge is -2.25. The van der Waals surface area contributed by atoms with Gasteiger partial charge in [-0.2, -0.15) is 0 Å². The van der Waals surface area contributed by atoms with Gasteiger partial charge in [-0.1, -0.05) is 6.08 Å². The van der Waals surface area contributed by atoms with Crippen molar-refractivity contribution in [2.24, 2.45) is 5.73 Å². The summed E-state index contributed by atoms with van der Waals surface area (Å²) in [6, 6.07) is 0.140. The van der Waals surface area contributed by atoms with Gasteiger partial charge in [0.05, 0.1) is 0 Å². The summed E-state index contributed by atoms with van der Waals surface area (Å²) in [5.41, 5.74) is 5.59. The summed E-state index contributed by atoms with van der Waals surface area (Å²) >= 11 is 0. The maximum Gasteiger partial charge on any atom is 0.110 e. The van der Waals surface area contributed by atoms with Gasteiger partial charge in [0.2, 0.25) is 0 Å². The van der Waals surface area contributed by atoms with Gasteiger partial charge in [-0.3, -0.25) is 4.90 Å². The van der Waals surface area contributed by atoms with E-state index >= 15 is 0 Å². The molecule has 0 aromatic rings. The van der Waals surface area contributed by atoms with Crippen molar-refractivity contribution in [1.29, 1.82) is 0 Å². The van der Waals surface area contributed by atoms with Crippen LogP contribution in [-0.4, -0.2) is 30.6 Å². The molecule has 0 bridgehead atoms. The zero-order chi connectivity index (χ0) is 8.27. The SMILES string of the molecule is C[C@H](N)CN1CCC=C(F)C1. The Labute approximate surface area is 66.9 Å². The molecule has 0 radical (unpaired) electrons. The third-order valence-electron chi connectivity index (χ3n) is 1.73. The van der Waals surface area contributed by atoms with Crippen molar-refractivity contribution >= 4 is 0 Å². The first-order valence-corrected chi connectivity index (χ1v) is 4.01. The number of nitrogens with zero attached hydrogens (tertiary/aromatic N) is 1. The molecule has 1 rings (SSSR count). The highest BCUT2D eigenvalue weighted by molar-refractivity contribution is 4.99. The van der Waals surface area contributed by atoms with Crippen molar-refractivity contribution in [3.05, 3.63) is 11.9 Å². The molecule has 0 aromatic heterocycles. The summed E-state index contributed by atoms with van der Waals surface area (Å²) in [6.45, 7) is 4.12. The molecule has 64 valence electrons. The van der Waals surface area contributed by atoms with E-state index in [0.29, 0.717) is 6.54 Å². The van der Waals surface area contributed by atoms with Gasteiger partial charge in [0.15, 0.2) is 0 Å². The van der Waals surface area contributed by atoms with Gasteiger partial charge in [0.25, 0.3) is 0 Å². The molecule has 0 amide bonds. The highest BCUT2D eigenvalue weighted by atomic mass is 19.1. The van der Waals surface area contributed by atoms with Crippen LogP contribution < -0.4 is 5.73 Å². The molecule has 3 heteroatoms. The Morgan fingerprint density at radius 3 is 3.09 bits per heavy atom. The van der Waals surface area contributed by atoms with E-state index in [4.69, 9.17) is 5.73 Å². The summed E-state index contributed by atoms with van der Waals surface area (Å²) in [5, 5.41) is 0. The van der Waals surface area contributed by atoms with Crippen LogP contribution in [0.2, 0.25) is 0 Å². The molecule has 0 saturated carbocycles. The van der Waals surface area contributed by atoms with Crippen molar-refractivity contribution in [3.63, 3.8) is 0 Å². The molecule has 1 heterocycles. The molecule has 2 nitrogen and oxygen atoms in total. The van der Waals surface area contributed by atoms with Gasteiger partial charge in [-0.15, -0.1) is 0 Å². The van der Waals surface area contributed by atoms with E-state index in [1.165, 1.54) is 0 Å². The molecule has 11 heavy (non-hydrogen) atoms. The second kappa shape index (κ2) is 3.83. The molecular weight excluding hydrogens is 143 g/mol. The zero-order valence-electron chi connectivity index (χ0n) is 6.89. The monoisotopic (exact) mass is 158 g/mol. The first-order valence-electron chi connectivity index (χ1n) is 4.01. The smallest absolute Gasteiger partial charge is 0.110 e. The van der Waals surface area contributed by atoms with E-state index in [0.717, 1.165) is 19.5 Å². The van der Waals surface area contributed by atoms with Gasteiger partial charge in [0, 0.05) is 25.7 Å². The standard InChI is InChI=1S/C8H15FN2/c1-7(10)5-11-4-2-3-8(9)6-11/h3,7H,2,4-6,10H2,1H3/t7-/m0/s1. The van der Waals surface area contributed by atoms with E-state index in [-0.39, 0.29) is 11.9 Å². The fraction of sp³-hybridized carbons (Fsp3) is 0.750. The zero-order valence-corrected chi connectivity index (χ0v) is 6.89. The molecule has 0 unspecified atom stereocenters. The quantitative estimate of drug-likeness (QED) is 0.646. The maximum atomic E-state index is 12.7. The Kier molecular flexibility index (Phi) is 3.02. The second-order valence-corrected chi connectivity index (χ2v) is 3.15. The van der Waals surface area contributed by atoms with Crippen LogP contribution in [0.25, 0.3) is 0 Å². The molecule has 1 aliphatic heterocycles. The fourth-order valence-corrected chi connectivity index (χ4v) is 1.32. The Morgan fingerprint density at radius 1 is 1.82 bits per heavy atom. The average Bonchev–Trinajstić information content (AvgIpc) is 1.85. The molecule has 0 spiro atoms. The normalized spacial score (nSPS) is 23.0. The molecule has 0 saturated heterocycles. The highest BCUT2D eigenvalue weighted by Gasteiger charge is 2.12. The van der Waals surface area contributed by atoms with Crippen LogP contribution in [0.5, 0.6) is 0 Å². The lowest BCUT2D eigenvalue weighted by atomic mass is 10.2. The highest BCUT2D eigenvalue weighted by Crippen LogP contribution is 2.09. The Bertz CT molecular complexity index is 154. The van der Waals surface area contributed by atoms with Crippen LogP contribution >= 0.6 is 0 Å². The van der Waals surface area contributed by atoms with E-state index in [2.05, 4.69) is 0 Å². The third kappa shape index (κ3) is 2.99. The predicted octanol–water partition coefficient (Wildman–Crippen LogP) is 0.893. The first kappa shape index (κ1) is 8.68. The summed E-state index contributed by atoms with van der Waals surface area (Å²) in [7, 11) is 0. The van der Waals surface area contributed by atoms with Crippen molar-refractivity contribution in [1.82, 2.24) is 4.90 Å². The number of hydrogen-bond donors (Lipinski definition) is 1.